The maximum atomic E-state index is 11.0. The van der Waals surface area contributed by atoms with Gasteiger partial charge in [-0.15, -0.1) is 11.8 Å². The van der Waals surface area contributed by atoms with Crippen molar-refractivity contribution in [3.63, 3.8) is 0 Å². The number of carbonyl (C=O) groups excluding carboxylic acids is 1. The average molecular weight is 289 g/mol. The molecule has 0 aliphatic carbocycles. The molecule has 0 bridgehead atoms. The summed E-state index contributed by atoms with van der Waals surface area (Å²) in [4.78, 5) is 21.5. The van der Waals surface area contributed by atoms with Gasteiger partial charge in [-0.1, -0.05) is 11.6 Å². The second kappa shape index (κ2) is 6.80. The van der Waals surface area contributed by atoms with Gasteiger partial charge in [0, 0.05) is 20.0 Å². The lowest BCUT2D eigenvalue weighted by Gasteiger charge is -2.23. The molecule has 0 saturated heterocycles. The molecule has 7 heteroatoms. The predicted molar refractivity (Wildman–Crippen MR) is 76.7 cm³/mol. The summed E-state index contributed by atoms with van der Waals surface area (Å²) in [6.07, 6.45) is 1.92. The van der Waals surface area contributed by atoms with Gasteiger partial charge in [-0.3, -0.25) is 10.1 Å². The van der Waals surface area contributed by atoms with Gasteiger partial charge in [0.15, 0.2) is 5.15 Å². The maximum absolute atomic E-state index is 11.0. The van der Waals surface area contributed by atoms with Crippen LogP contribution in [0.2, 0.25) is 5.15 Å². The molecule has 0 unspecified atom stereocenters. The summed E-state index contributed by atoms with van der Waals surface area (Å²) < 4.78 is 0. The van der Waals surface area contributed by atoms with Crippen LogP contribution >= 0.6 is 23.4 Å². The SMILES string of the molecule is CCN(CC)c1c(Cl)nc(NC(C)=O)nc1SC. The van der Waals surface area contributed by atoms with E-state index in [1.54, 1.807) is 0 Å². The van der Waals surface area contributed by atoms with E-state index in [2.05, 4.69) is 20.2 Å². The van der Waals surface area contributed by atoms with Crippen molar-refractivity contribution in [1.29, 1.82) is 0 Å². The summed E-state index contributed by atoms with van der Waals surface area (Å²) in [5.41, 5.74) is 0.822. The third-order valence-electron chi connectivity index (χ3n) is 2.37. The van der Waals surface area contributed by atoms with Crippen molar-refractivity contribution in [3.8, 4) is 0 Å². The number of nitrogens with one attached hydrogen (secondary N) is 1. The Hall–Kier alpha value is -1.01. The smallest absolute Gasteiger partial charge is 0.232 e. The summed E-state index contributed by atoms with van der Waals surface area (Å²) >= 11 is 7.67. The third kappa shape index (κ3) is 3.49. The van der Waals surface area contributed by atoms with Crippen LogP contribution in [0.4, 0.5) is 11.6 Å². The highest BCUT2D eigenvalue weighted by Gasteiger charge is 2.17. The molecule has 0 atom stereocenters. The predicted octanol–water partition coefficient (Wildman–Crippen LogP) is 2.66. The molecule has 1 aromatic rings. The monoisotopic (exact) mass is 288 g/mol. The molecule has 0 aromatic carbocycles. The number of anilines is 2. The topological polar surface area (TPSA) is 58.1 Å². The molecule has 1 amide bonds. The Bertz CT molecular complexity index is 437. The van der Waals surface area contributed by atoms with Crippen molar-refractivity contribution < 1.29 is 4.79 Å². The molecule has 0 saturated carbocycles. The lowest BCUT2D eigenvalue weighted by atomic mass is 10.4. The number of amides is 1. The molecule has 0 fully saturated rings. The van der Waals surface area contributed by atoms with Crippen LogP contribution in [0.1, 0.15) is 20.8 Å². The molecule has 0 radical (unpaired) electrons. The van der Waals surface area contributed by atoms with Crippen LogP contribution in [0, 0.1) is 0 Å². The van der Waals surface area contributed by atoms with Crippen molar-refractivity contribution >= 4 is 40.9 Å². The van der Waals surface area contributed by atoms with Crippen molar-refractivity contribution in [2.45, 2.75) is 25.8 Å². The molecular weight excluding hydrogens is 272 g/mol. The minimum absolute atomic E-state index is 0.214. The summed E-state index contributed by atoms with van der Waals surface area (Å²) in [6, 6.07) is 0. The van der Waals surface area contributed by atoms with Crippen LogP contribution in [0.5, 0.6) is 0 Å². The van der Waals surface area contributed by atoms with Crippen LogP contribution < -0.4 is 10.2 Å². The fourth-order valence-electron chi connectivity index (χ4n) is 1.57. The minimum Gasteiger partial charge on any atom is -0.367 e. The number of hydrogen-bond acceptors (Lipinski definition) is 5. The van der Waals surface area contributed by atoms with Crippen LogP contribution in [0.15, 0.2) is 5.03 Å². The molecule has 5 nitrogen and oxygen atoms in total. The van der Waals surface area contributed by atoms with Crippen LogP contribution in [0.25, 0.3) is 0 Å². The third-order valence-corrected chi connectivity index (χ3v) is 3.31. The molecule has 1 rings (SSSR count). The number of halogens is 1. The van der Waals surface area contributed by atoms with Crippen LogP contribution in [-0.4, -0.2) is 35.2 Å². The molecule has 0 aliphatic heterocycles. The zero-order valence-electron chi connectivity index (χ0n) is 11.0. The Morgan fingerprint density at radius 2 is 2.00 bits per heavy atom. The minimum atomic E-state index is -0.214. The summed E-state index contributed by atoms with van der Waals surface area (Å²) in [5.74, 6) is 0.0291. The molecular formula is C11H17ClN4OS. The second-order valence-corrected chi connectivity index (χ2v) is 4.70. The van der Waals surface area contributed by atoms with Gasteiger partial charge >= 0.3 is 0 Å². The van der Waals surface area contributed by atoms with E-state index in [1.165, 1.54) is 18.7 Å². The molecule has 18 heavy (non-hydrogen) atoms. The van der Waals surface area contributed by atoms with Gasteiger partial charge < -0.3 is 4.90 Å². The summed E-state index contributed by atoms with van der Waals surface area (Å²) in [6.45, 7) is 7.16. The highest BCUT2D eigenvalue weighted by atomic mass is 35.5. The van der Waals surface area contributed by atoms with E-state index in [-0.39, 0.29) is 11.9 Å². The Morgan fingerprint density at radius 1 is 1.39 bits per heavy atom. The quantitative estimate of drug-likeness (QED) is 0.667. The molecule has 0 spiro atoms. The van der Waals surface area contributed by atoms with Gasteiger partial charge in [0.1, 0.15) is 10.7 Å². The van der Waals surface area contributed by atoms with E-state index < -0.39 is 0 Å². The summed E-state index contributed by atoms with van der Waals surface area (Å²) in [7, 11) is 0. The number of carbonyl (C=O) groups is 1. The van der Waals surface area contributed by atoms with Gasteiger partial charge in [0.2, 0.25) is 11.9 Å². The molecule has 1 heterocycles. The Labute approximate surface area is 116 Å². The van der Waals surface area contributed by atoms with E-state index in [0.717, 1.165) is 23.8 Å². The molecule has 100 valence electrons. The van der Waals surface area contributed by atoms with Gasteiger partial charge in [-0.2, -0.15) is 4.98 Å². The normalized spacial score (nSPS) is 10.3. The Kier molecular flexibility index (Phi) is 5.68. The van der Waals surface area contributed by atoms with E-state index in [1.807, 2.05) is 20.1 Å². The van der Waals surface area contributed by atoms with Crippen molar-refractivity contribution in [2.24, 2.45) is 0 Å². The number of hydrogen-bond donors (Lipinski definition) is 1. The van der Waals surface area contributed by atoms with Gasteiger partial charge in [0.05, 0.1) is 0 Å². The second-order valence-electron chi connectivity index (χ2n) is 3.55. The Morgan fingerprint density at radius 3 is 2.44 bits per heavy atom. The summed E-state index contributed by atoms with van der Waals surface area (Å²) in [5, 5.41) is 3.67. The van der Waals surface area contributed by atoms with E-state index in [4.69, 9.17) is 11.6 Å². The van der Waals surface area contributed by atoms with Crippen LogP contribution in [0.3, 0.4) is 0 Å². The zero-order chi connectivity index (χ0) is 13.7. The molecule has 1 N–H and O–H groups in total. The van der Waals surface area contributed by atoms with Crippen molar-refractivity contribution in [1.82, 2.24) is 9.97 Å². The van der Waals surface area contributed by atoms with Crippen molar-refractivity contribution in [2.75, 3.05) is 29.6 Å². The fraction of sp³-hybridized carbons (Fsp3) is 0.545. The van der Waals surface area contributed by atoms with Crippen LogP contribution in [-0.2, 0) is 4.79 Å². The molecule has 1 aromatic heterocycles. The van der Waals surface area contributed by atoms with E-state index in [0.29, 0.717) is 5.15 Å². The largest absolute Gasteiger partial charge is 0.367 e. The van der Waals surface area contributed by atoms with Gasteiger partial charge in [0.25, 0.3) is 0 Å². The first-order valence-electron chi connectivity index (χ1n) is 5.67. The number of rotatable bonds is 5. The van der Waals surface area contributed by atoms with Gasteiger partial charge in [-0.05, 0) is 20.1 Å². The lowest BCUT2D eigenvalue weighted by molar-refractivity contribution is -0.114. The van der Waals surface area contributed by atoms with Gasteiger partial charge in [-0.25, -0.2) is 4.98 Å². The first kappa shape index (κ1) is 15.0. The highest BCUT2D eigenvalue weighted by Crippen LogP contribution is 2.33. The zero-order valence-corrected chi connectivity index (χ0v) is 12.5. The van der Waals surface area contributed by atoms with Crippen molar-refractivity contribution in [3.05, 3.63) is 5.15 Å². The standard InChI is InChI=1S/C11H17ClN4OS/c1-5-16(6-2)8-9(12)14-11(13-7(3)17)15-10(8)18-4/h5-6H2,1-4H3,(H,13,14,15,17). The molecule has 0 aliphatic rings. The maximum Gasteiger partial charge on any atom is 0.232 e. The van der Waals surface area contributed by atoms with E-state index >= 15 is 0 Å². The number of nitrogens with zero attached hydrogens (tertiary/aromatic N) is 3. The van der Waals surface area contributed by atoms with E-state index in [9.17, 15) is 4.79 Å². The highest BCUT2D eigenvalue weighted by molar-refractivity contribution is 7.98. The first-order chi connectivity index (χ1) is 8.53. The Balaban J connectivity index is 3.23. The fourth-order valence-corrected chi connectivity index (χ4v) is 2.51. The first-order valence-corrected chi connectivity index (χ1v) is 7.27. The average Bonchev–Trinajstić information content (AvgIpc) is 2.31. The lowest BCUT2D eigenvalue weighted by Crippen LogP contribution is -2.24. The number of thioether (sulfide) groups is 1. The number of aromatic nitrogens is 2.